The number of nitrogens with one attached hydrogen (secondary N) is 2. The van der Waals surface area contributed by atoms with Gasteiger partial charge in [-0.3, -0.25) is 14.4 Å². The van der Waals surface area contributed by atoms with Crippen LogP contribution in [0.5, 0.6) is 0 Å². The molecule has 3 N–H and O–H groups in total. The van der Waals surface area contributed by atoms with Gasteiger partial charge in [0.05, 0.1) is 29.2 Å². The summed E-state index contributed by atoms with van der Waals surface area (Å²) in [4.78, 5) is 42.9. The van der Waals surface area contributed by atoms with E-state index in [1.54, 1.807) is 16.7 Å². The van der Waals surface area contributed by atoms with Crippen LogP contribution in [0.1, 0.15) is 63.9 Å². The molecular weight excluding hydrogens is 462 g/mol. The van der Waals surface area contributed by atoms with Crippen LogP contribution in [-0.4, -0.2) is 62.5 Å². The van der Waals surface area contributed by atoms with Crippen molar-refractivity contribution in [1.82, 2.24) is 15.5 Å². The van der Waals surface area contributed by atoms with Crippen LogP contribution in [0.25, 0.3) is 0 Å². The maximum absolute atomic E-state index is 14.0. The minimum Gasteiger partial charge on any atom is -0.394 e. The largest absolute Gasteiger partial charge is 0.394 e. The van der Waals surface area contributed by atoms with Gasteiger partial charge in [0.1, 0.15) is 6.04 Å². The van der Waals surface area contributed by atoms with Gasteiger partial charge < -0.3 is 20.6 Å². The summed E-state index contributed by atoms with van der Waals surface area (Å²) < 4.78 is -0.599. The molecule has 3 amide bonds. The van der Waals surface area contributed by atoms with E-state index in [1.165, 1.54) is 6.42 Å². The predicted octanol–water partition coefficient (Wildman–Crippen LogP) is 2.61. The minimum absolute atomic E-state index is 0.0426. The number of carbonyl (C=O) groups excluding carboxylic acids is 3. The average molecular weight is 500 g/mol. The Morgan fingerprint density at radius 1 is 1.14 bits per heavy atom. The van der Waals surface area contributed by atoms with E-state index in [0.717, 1.165) is 44.1 Å². The molecule has 3 aliphatic heterocycles. The second-order valence-corrected chi connectivity index (χ2v) is 12.2. The summed E-state index contributed by atoms with van der Waals surface area (Å²) in [7, 11) is 0. The van der Waals surface area contributed by atoms with Crippen molar-refractivity contribution in [3.63, 3.8) is 0 Å². The highest BCUT2D eigenvalue weighted by atomic mass is 32.2. The smallest absolute Gasteiger partial charge is 0.244 e. The first-order chi connectivity index (χ1) is 17.0. The molecule has 1 aromatic carbocycles. The van der Waals surface area contributed by atoms with E-state index in [-0.39, 0.29) is 35.6 Å². The molecule has 1 saturated carbocycles. The summed E-state index contributed by atoms with van der Waals surface area (Å²) in [5.74, 6) is -1.31. The van der Waals surface area contributed by atoms with Crippen molar-refractivity contribution in [2.75, 3.05) is 6.61 Å². The van der Waals surface area contributed by atoms with E-state index < -0.39 is 28.7 Å². The lowest BCUT2D eigenvalue weighted by atomic mass is 9.70. The Morgan fingerprint density at radius 3 is 2.57 bits per heavy atom. The molecule has 2 bridgehead atoms. The lowest BCUT2D eigenvalue weighted by molar-refractivity contribution is -0.143. The van der Waals surface area contributed by atoms with Gasteiger partial charge in [-0.25, -0.2) is 0 Å². The standard InChI is InChI=1S/C27H37N3O4S/c1-2-19(16-31)30-23(25(33)29-18-11-7-4-8-12-18)27-14-13-20(35-27)21(22(27)26(30)34)24(32)28-15-17-9-5-3-6-10-17/h3,5-6,9-10,18-23,31H,2,4,7-8,11-16H2,1H3,(H,28,32)(H,29,33)/t19-,20+,21-,22-,23?,27?/m0/s1. The second kappa shape index (κ2) is 10.1. The molecule has 3 heterocycles. The van der Waals surface area contributed by atoms with E-state index in [1.807, 2.05) is 37.3 Å². The van der Waals surface area contributed by atoms with Crippen LogP contribution in [0.15, 0.2) is 30.3 Å². The van der Waals surface area contributed by atoms with Crippen molar-refractivity contribution >= 4 is 29.5 Å². The van der Waals surface area contributed by atoms with Gasteiger partial charge >= 0.3 is 0 Å². The Balaban J connectivity index is 1.41. The lowest BCUT2D eigenvalue weighted by Gasteiger charge is -2.38. The molecule has 1 spiro atoms. The van der Waals surface area contributed by atoms with Crippen molar-refractivity contribution in [1.29, 1.82) is 0 Å². The highest BCUT2D eigenvalue weighted by Gasteiger charge is 2.74. The van der Waals surface area contributed by atoms with Gasteiger partial charge in [-0.05, 0) is 37.7 Å². The van der Waals surface area contributed by atoms with E-state index in [0.29, 0.717) is 13.0 Å². The molecule has 2 unspecified atom stereocenters. The van der Waals surface area contributed by atoms with Crippen LogP contribution in [0.4, 0.5) is 0 Å². The van der Waals surface area contributed by atoms with Gasteiger partial charge in [0.25, 0.3) is 0 Å². The molecule has 3 saturated heterocycles. The fourth-order valence-corrected chi connectivity index (χ4v) is 9.13. The molecule has 8 heteroatoms. The number of likely N-dealkylation sites (tertiary alicyclic amines) is 1. The van der Waals surface area contributed by atoms with Gasteiger partial charge in [0, 0.05) is 17.8 Å². The number of nitrogens with zero attached hydrogens (tertiary/aromatic N) is 1. The van der Waals surface area contributed by atoms with Crippen LogP contribution >= 0.6 is 11.8 Å². The third-order valence-corrected chi connectivity index (χ3v) is 10.6. The number of benzene rings is 1. The number of aliphatic hydroxyl groups excluding tert-OH is 1. The molecule has 1 aliphatic carbocycles. The zero-order valence-corrected chi connectivity index (χ0v) is 21.3. The van der Waals surface area contributed by atoms with Crippen LogP contribution in [0.3, 0.4) is 0 Å². The Hall–Kier alpha value is -2.06. The SMILES string of the molecule is CC[C@@H](CO)N1C(=O)[C@@H]2[C@@H](C(=O)NCc3ccccc3)[C@H]3CCC2(S3)C1C(=O)NC1CCCCC1. The summed E-state index contributed by atoms with van der Waals surface area (Å²) >= 11 is 1.69. The number of fused-ring (bicyclic) bond motifs is 1. The highest BCUT2D eigenvalue weighted by Crippen LogP contribution is 2.66. The van der Waals surface area contributed by atoms with Crippen molar-refractivity contribution in [2.24, 2.45) is 11.8 Å². The van der Waals surface area contributed by atoms with Crippen molar-refractivity contribution in [3.8, 4) is 0 Å². The number of amides is 3. The van der Waals surface area contributed by atoms with Gasteiger partial charge in [0.2, 0.25) is 17.7 Å². The minimum atomic E-state index is -0.638. The van der Waals surface area contributed by atoms with Crippen molar-refractivity contribution in [2.45, 2.75) is 93.0 Å². The van der Waals surface area contributed by atoms with Gasteiger partial charge in [0.15, 0.2) is 0 Å². The number of hydrogen-bond donors (Lipinski definition) is 3. The molecule has 4 aliphatic rings. The zero-order chi connectivity index (χ0) is 24.6. The monoisotopic (exact) mass is 499 g/mol. The number of aliphatic hydroxyl groups is 1. The molecule has 7 nitrogen and oxygen atoms in total. The molecule has 0 radical (unpaired) electrons. The van der Waals surface area contributed by atoms with Crippen LogP contribution in [-0.2, 0) is 20.9 Å². The molecule has 0 aromatic heterocycles. The Labute approximate surface area is 211 Å². The van der Waals surface area contributed by atoms with Crippen molar-refractivity contribution in [3.05, 3.63) is 35.9 Å². The summed E-state index contributed by atoms with van der Waals surface area (Å²) in [6.45, 7) is 2.17. The van der Waals surface area contributed by atoms with Crippen LogP contribution < -0.4 is 10.6 Å². The van der Waals surface area contributed by atoms with Gasteiger partial charge in [-0.1, -0.05) is 56.5 Å². The first-order valence-corrected chi connectivity index (χ1v) is 14.1. The van der Waals surface area contributed by atoms with Crippen LogP contribution in [0, 0.1) is 11.8 Å². The zero-order valence-electron chi connectivity index (χ0n) is 20.4. The third-order valence-electron chi connectivity index (χ3n) is 8.63. The van der Waals surface area contributed by atoms with Gasteiger partial charge in [-0.15, -0.1) is 11.8 Å². The van der Waals surface area contributed by atoms with E-state index in [2.05, 4.69) is 10.6 Å². The Morgan fingerprint density at radius 2 is 1.89 bits per heavy atom. The Bertz CT molecular complexity index is 949. The van der Waals surface area contributed by atoms with Crippen LogP contribution in [0.2, 0.25) is 0 Å². The fraction of sp³-hybridized carbons (Fsp3) is 0.667. The number of rotatable bonds is 8. The first-order valence-electron chi connectivity index (χ1n) is 13.2. The lowest BCUT2D eigenvalue weighted by Crippen LogP contribution is -2.58. The highest BCUT2D eigenvalue weighted by molar-refractivity contribution is 8.02. The van der Waals surface area contributed by atoms with E-state index in [4.69, 9.17) is 0 Å². The van der Waals surface area contributed by atoms with E-state index >= 15 is 0 Å². The third kappa shape index (κ3) is 4.26. The molecule has 6 atom stereocenters. The summed E-state index contributed by atoms with van der Waals surface area (Å²) in [6.07, 6.45) is 7.52. The molecule has 4 fully saturated rings. The summed E-state index contributed by atoms with van der Waals surface area (Å²) in [6, 6.07) is 8.85. The average Bonchev–Trinajstić information content (AvgIpc) is 3.52. The summed E-state index contributed by atoms with van der Waals surface area (Å²) in [5.41, 5.74) is 1.02. The maximum Gasteiger partial charge on any atom is 0.244 e. The number of carbonyl (C=O) groups is 3. The molecule has 5 rings (SSSR count). The number of hydrogen-bond acceptors (Lipinski definition) is 5. The maximum atomic E-state index is 14.0. The quantitative estimate of drug-likeness (QED) is 0.511. The topological polar surface area (TPSA) is 98.7 Å². The van der Waals surface area contributed by atoms with Crippen molar-refractivity contribution < 1.29 is 19.5 Å². The fourth-order valence-electron chi connectivity index (χ4n) is 6.93. The molecule has 1 aromatic rings. The molecule has 190 valence electrons. The van der Waals surface area contributed by atoms with E-state index in [9.17, 15) is 19.5 Å². The second-order valence-electron chi connectivity index (χ2n) is 10.6. The summed E-state index contributed by atoms with van der Waals surface area (Å²) in [5, 5.41) is 16.5. The number of thioether (sulfide) groups is 1. The van der Waals surface area contributed by atoms with Gasteiger partial charge in [-0.2, -0.15) is 0 Å². The normalized spacial score (nSPS) is 33.0. The first kappa shape index (κ1) is 24.6. The molecule has 35 heavy (non-hydrogen) atoms. The molecular formula is C27H37N3O4S. The predicted molar refractivity (Wildman–Crippen MR) is 135 cm³/mol. The Kier molecular flexibility index (Phi) is 7.13.